The van der Waals surface area contributed by atoms with Gasteiger partial charge in [0.2, 0.25) is 0 Å². The summed E-state index contributed by atoms with van der Waals surface area (Å²) < 4.78 is 11.9. The number of carbonyl (C=O) groups is 1. The van der Waals surface area contributed by atoms with Crippen molar-refractivity contribution in [3.63, 3.8) is 0 Å². The van der Waals surface area contributed by atoms with Crippen LogP contribution in [0.5, 0.6) is 5.75 Å². The maximum absolute atomic E-state index is 12.9. The minimum absolute atomic E-state index is 0.0750. The van der Waals surface area contributed by atoms with Gasteiger partial charge in [-0.15, -0.1) is 0 Å². The summed E-state index contributed by atoms with van der Waals surface area (Å²) in [5.74, 6) is 1.31. The molecule has 0 bridgehead atoms. The number of benzene rings is 1. The van der Waals surface area contributed by atoms with E-state index in [0.29, 0.717) is 19.1 Å². The quantitative estimate of drug-likeness (QED) is 0.552. The van der Waals surface area contributed by atoms with Gasteiger partial charge in [-0.2, -0.15) is 0 Å². The summed E-state index contributed by atoms with van der Waals surface area (Å²) in [4.78, 5) is 12.9. The van der Waals surface area contributed by atoms with Gasteiger partial charge in [0, 0.05) is 12.3 Å². The molecule has 0 saturated carbocycles. The number of nitrogens with one attached hydrogen (secondary N) is 1. The van der Waals surface area contributed by atoms with Crippen molar-refractivity contribution < 1.29 is 14.3 Å². The lowest BCUT2D eigenvalue weighted by Gasteiger charge is -2.29. The van der Waals surface area contributed by atoms with Crippen LogP contribution in [0.15, 0.2) is 12.1 Å². The minimum atomic E-state index is -0.791. The van der Waals surface area contributed by atoms with Crippen LogP contribution in [0.3, 0.4) is 0 Å². The third kappa shape index (κ3) is 6.64. The highest BCUT2D eigenvalue weighted by Gasteiger charge is 2.33. The maximum atomic E-state index is 12.9. The summed E-state index contributed by atoms with van der Waals surface area (Å²) in [5, 5.41) is 3.05. The first kappa shape index (κ1) is 22.5. The van der Waals surface area contributed by atoms with Gasteiger partial charge in [-0.25, -0.2) is 0 Å². The average Bonchev–Trinajstić information content (AvgIpc) is 2.57. The van der Waals surface area contributed by atoms with Crippen LogP contribution in [0.25, 0.3) is 0 Å². The highest BCUT2D eigenvalue weighted by Crippen LogP contribution is 2.29. The molecule has 26 heavy (non-hydrogen) atoms. The minimum Gasteiger partial charge on any atom is -0.493 e. The number of unbranched alkanes of at least 4 members (excludes halogenated alkanes) is 1. The van der Waals surface area contributed by atoms with E-state index in [9.17, 15) is 4.79 Å². The molecule has 0 heterocycles. The van der Waals surface area contributed by atoms with E-state index in [1.165, 1.54) is 0 Å². The van der Waals surface area contributed by atoms with E-state index >= 15 is 0 Å². The molecule has 0 aliphatic heterocycles. The van der Waals surface area contributed by atoms with Crippen molar-refractivity contribution in [1.29, 1.82) is 0 Å². The average molecular weight is 364 g/mol. The molecular formula is C22H37NO3. The van der Waals surface area contributed by atoms with Crippen molar-refractivity contribution in [3.8, 4) is 5.75 Å². The third-order valence-electron chi connectivity index (χ3n) is 4.39. The Bertz CT molecular complexity index is 550. The molecule has 0 fully saturated rings. The monoisotopic (exact) mass is 363 g/mol. The second kappa shape index (κ2) is 10.6. The van der Waals surface area contributed by atoms with E-state index in [-0.39, 0.29) is 5.91 Å². The van der Waals surface area contributed by atoms with Crippen molar-refractivity contribution >= 4 is 11.6 Å². The Morgan fingerprint density at radius 1 is 1.15 bits per heavy atom. The Morgan fingerprint density at radius 2 is 1.77 bits per heavy atom. The number of ether oxygens (including phenoxy) is 2. The molecule has 0 aliphatic rings. The third-order valence-corrected chi connectivity index (χ3v) is 4.39. The molecule has 0 radical (unpaired) electrons. The number of carbonyl (C=O) groups excluding carboxylic acids is 1. The lowest BCUT2D eigenvalue weighted by molar-refractivity contribution is -0.140. The fraction of sp³-hybridized carbons (Fsp3) is 0.682. The first-order valence-corrected chi connectivity index (χ1v) is 9.93. The van der Waals surface area contributed by atoms with Crippen LogP contribution in [0.2, 0.25) is 0 Å². The predicted molar refractivity (Wildman–Crippen MR) is 109 cm³/mol. The first-order chi connectivity index (χ1) is 12.2. The topological polar surface area (TPSA) is 47.6 Å². The Labute approximate surface area is 159 Å². The van der Waals surface area contributed by atoms with Crippen molar-refractivity contribution in [2.45, 2.75) is 79.8 Å². The molecular weight excluding hydrogens is 326 g/mol. The Hall–Kier alpha value is -1.55. The lowest BCUT2D eigenvalue weighted by Crippen LogP contribution is -2.43. The number of anilines is 1. The van der Waals surface area contributed by atoms with Crippen LogP contribution >= 0.6 is 0 Å². The van der Waals surface area contributed by atoms with E-state index < -0.39 is 5.60 Å². The van der Waals surface area contributed by atoms with Crippen LogP contribution < -0.4 is 10.1 Å². The highest BCUT2D eigenvalue weighted by molar-refractivity contribution is 5.97. The normalized spacial score (nSPS) is 13.5. The predicted octanol–water partition coefficient (Wildman–Crippen LogP) is 5.65. The number of hydrogen-bond donors (Lipinski definition) is 1. The zero-order chi connectivity index (χ0) is 19.7. The molecule has 1 aromatic rings. The smallest absolute Gasteiger partial charge is 0.256 e. The molecule has 148 valence electrons. The molecule has 1 unspecified atom stereocenters. The molecule has 1 aromatic carbocycles. The number of rotatable bonds is 11. The summed E-state index contributed by atoms with van der Waals surface area (Å²) in [6.45, 7) is 15.7. The van der Waals surface area contributed by atoms with E-state index in [1.807, 2.05) is 32.9 Å². The molecule has 1 N–H and O–H groups in total. The fourth-order valence-electron chi connectivity index (χ4n) is 2.86. The molecule has 0 aromatic heterocycles. The van der Waals surface area contributed by atoms with E-state index in [4.69, 9.17) is 9.47 Å². The maximum Gasteiger partial charge on any atom is 0.256 e. The molecule has 4 heteroatoms. The summed E-state index contributed by atoms with van der Waals surface area (Å²) in [5.41, 5.74) is 2.07. The van der Waals surface area contributed by atoms with Gasteiger partial charge in [0.15, 0.2) is 0 Å². The van der Waals surface area contributed by atoms with Gasteiger partial charge in [-0.3, -0.25) is 4.79 Å². The molecule has 1 amide bonds. The van der Waals surface area contributed by atoms with Gasteiger partial charge in [0.1, 0.15) is 11.4 Å². The van der Waals surface area contributed by atoms with E-state index in [0.717, 1.165) is 48.2 Å². The van der Waals surface area contributed by atoms with Gasteiger partial charge in [0.25, 0.3) is 5.91 Å². The Kier molecular flexibility index (Phi) is 9.14. The molecule has 0 saturated heterocycles. The molecule has 1 rings (SSSR count). The van der Waals surface area contributed by atoms with E-state index in [2.05, 4.69) is 33.0 Å². The van der Waals surface area contributed by atoms with Gasteiger partial charge in [-0.1, -0.05) is 40.5 Å². The van der Waals surface area contributed by atoms with Crippen molar-refractivity contribution in [2.75, 3.05) is 18.5 Å². The Balaban J connectivity index is 2.92. The zero-order valence-corrected chi connectivity index (χ0v) is 17.7. The van der Waals surface area contributed by atoms with Gasteiger partial charge in [-0.05, 0) is 62.8 Å². The van der Waals surface area contributed by atoms with Crippen molar-refractivity contribution in [2.24, 2.45) is 5.92 Å². The van der Waals surface area contributed by atoms with E-state index in [1.54, 1.807) is 0 Å². The first-order valence-electron chi connectivity index (χ1n) is 9.93. The highest BCUT2D eigenvalue weighted by atomic mass is 16.5. The van der Waals surface area contributed by atoms with Gasteiger partial charge < -0.3 is 14.8 Å². The van der Waals surface area contributed by atoms with Crippen molar-refractivity contribution in [3.05, 3.63) is 23.3 Å². The summed E-state index contributed by atoms with van der Waals surface area (Å²) in [7, 11) is 0. The molecule has 4 nitrogen and oxygen atoms in total. The summed E-state index contributed by atoms with van der Waals surface area (Å²) >= 11 is 0. The number of hydrogen-bond acceptors (Lipinski definition) is 3. The van der Waals surface area contributed by atoms with Gasteiger partial charge in [0.05, 0.1) is 6.61 Å². The lowest BCUT2D eigenvalue weighted by atomic mass is 9.97. The second-order valence-corrected chi connectivity index (χ2v) is 7.78. The number of aryl methyl sites for hydroxylation is 2. The van der Waals surface area contributed by atoms with Crippen molar-refractivity contribution in [1.82, 2.24) is 0 Å². The van der Waals surface area contributed by atoms with Crippen LogP contribution in [0.1, 0.15) is 71.4 Å². The largest absolute Gasteiger partial charge is 0.493 e. The van der Waals surface area contributed by atoms with Crippen LogP contribution in [-0.4, -0.2) is 24.7 Å². The van der Waals surface area contributed by atoms with Gasteiger partial charge >= 0.3 is 0 Å². The zero-order valence-electron chi connectivity index (χ0n) is 17.7. The number of amides is 1. The second-order valence-electron chi connectivity index (χ2n) is 7.78. The van der Waals surface area contributed by atoms with Crippen LogP contribution in [0, 0.1) is 19.8 Å². The Morgan fingerprint density at radius 3 is 2.27 bits per heavy atom. The molecule has 0 aliphatic carbocycles. The van der Waals surface area contributed by atoms with Crippen LogP contribution in [0.4, 0.5) is 5.69 Å². The fourth-order valence-corrected chi connectivity index (χ4v) is 2.86. The summed E-state index contributed by atoms with van der Waals surface area (Å²) in [6.07, 6.45) is 3.63. The molecule has 0 spiro atoms. The molecule has 1 atom stereocenters. The van der Waals surface area contributed by atoms with Crippen LogP contribution in [-0.2, 0) is 9.53 Å². The summed E-state index contributed by atoms with van der Waals surface area (Å²) in [6, 6.07) is 3.95. The standard InChI is InChI=1S/C22H37NO3/c1-8-10-11-22(7,26-12-9-2)21(24)23-19-13-17(5)20(18(6)14-19)25-15-16(3)4/h13-14,16H,8-12,15H2,1-7H3,(H,23,24). The SMILES string of the molecule is CCCCC(C)(OCCC)C(=O)Nc1cc(C)c(OCC(C)C)c(C)c1.